The molecule has 102 valence electrons. The van der Waals surface area contributed by atoms with Crippen LogP contribution in [0.25, 0.3) is 0 Å². The Hall–Kier alpha value is -1.67. The fraction of sp³-hybridized carbons (Fsp3) is 0.429. The van der Waals surface area contributed by atoms with Crippen molar-refractivity contribution in [2.75, 3.05) is 24.7 Å². The second kappa shape index (κ2) is 10.3. The van der Waals surface area contributed by atoms with E-state index in [9.17, 15) is 4.79 Å². The fourth-order valence-corrected chi connectivity index (χ4v) is 2.02. The normalized spacial score (nSPS) is 9.63. The van der Waals surface area contributed by atoms with Gasteiger partial charge in [0.05, 0.1) is 11.8 Å². The van der Waals surface area contributed by atoms with Gasteiger partial charge in [-0.25, -0.2) is 0 Å². The molecule has 0 heterocycles. The lowest BCUT2D eigenvalue weighted by Gasteiger charge is -2.07. The molecule has 19 heavy (non-hydrogen) atoms. The Morgan fingerprint density at radius 3 is 2.79 bits per heavy atom. The van der Waals surface area contributed by atoms with Crippen LogP contribution in [0, 0.1) is 11.3 Å². The molecule has 0 atom stereocenters. The van der Waals surface area contributed by atoms with Crippen molar-refractivity contribution in [2.45, 2.75) is 12.8 Å². The van der Waals surface area contributed by atoms with Gasteiger partial charge < -0.3 is 9.47 Å². The molecule has 0 N–H and O–H groups in total. The number of para-hydroxylation sites is 1. The number of hydrogen-bond acceptors (Lipinski definition) is 5. The minimum Gasteiger partial charge on any atom is -0.490 e. The van der Waals surface area contributed by atoms with Crippen LogP contribution < -0.4 is 4.74 Å². The lowest BCUT2D eigenvalue weighted by Crippen LogP contribution is -2.13. The molecule has 0 aliphatic rings. The SMILES string of the molecule is N#CCCCSCC(=O)OCCOc1ccccc1. The van der Waals surface area contributed by atoms with Crippen molar-refractivity contribution in [1.82, 2.24) is 0 Å². The number of benzene rings is 1. The Labute approximate surface area is 117 Å². The standard InChI is InChI=1S/C14H17NO3S/c15-8-4-5-11-19-12-14(16)18-10-9-17-13-6-2-1-3-7-13/h1-3,6-7H,4-5,9-12H2. The van der Waals surface area contributed by atoms with E-state index in [1.54, 1.807) is 0 Å². The van der Waals surface area contributed by atoms with Gasteiger partial charge in [-0.2, -0.15) is 17.0 Å². The third-order valence-corrected chi connectivity index (χ3v) is 3.17. The Morgan fingerprint density at radius 1 is 1.26 bits per heavy atom. The molecule has 0 aliphatic carbocycles. The molecule has 5 heteroatoms. The molecule has 0 radical (unpaired) electrons. The molecule has 0 spiro atoms. The first kappa shape index (κ1) is 15.4. The van der Waals surface area contributed by atoms with E-state index in [1.165, 1.54) is 11.8 Å². The van der Waals surface area contributed by atoms with Crippen molar-refractivity contribution in [3.8, 4) is 11.8 Å². The predicted molar refractivity (Wildman–Crippen MR) is 75.1 cm³/mol. The summed E-state index contributed by atoms with van der Waals surface area (Å²) in [6.45, 7) is 0.612. The monoisotopic (exact) mass is 279 g/mol. The van der Waals surface area contributed by atoms with E-state index in [1.807, 2.05) is 30.3 Å². The molecule has 0 saturated heterocycles. The van der Waals surface area contributed by atoms with Gasteiger partial charge in [0.2, 0.25) is 0 Å². The van der Waals surface area contributed by atoms with Crippen LogP contribution in [0.1, 0.15) is 12.8 Å². The molecule has 1 aromatic rings. The second-order valence-corrected chi connectivity index (χ2v) is 4.80. The first-order valence-corrected chi connectivity index (χ1v) is 7.26. The summed E-state index contributed by atoms with van der Waals surface area (Å²) in [7, 11) is 0. The lowest BCUT2D eigenvalue weighted by atomic mass is 10.3. The van der Waals surface area contributed by atoms with E-state index in [-0.39, 0.29) is 12.6 Å². The maximum absolute atomic E-state index is 11.3. The van der Waals surface area contributed by atoms with E-state index in [4.69, 9.17) is 14.7 Å². The van der Waals surface area contributed by atoms with Gasteiger partial charge >= 0.3 is 5.97 Å². The van der Waals surface area contributed by atoms with Crippen LogP contribution in [0.15, 0.2) is 30.3 Å². The number of unbranched alkanes of at least 4 members (excludes halogenated alkanes) is 1. The average molecular weight is 279 g/mol. The summed E-state index contributed by atoms with van der Waals surface area (Å²) in [5.41, 5.74) is 0. The van der Waals surface area contributed by atoms with Crippen molar-refractivity contribution < 1.29 is 14.3 Å². The number of carbonyl (C=O) groups is 1. The van der Waals surface area contributed by atoms with Gasteiger partial charge in [0.25, 0.3) is 0 Å². The topological polar surface area (TPSA) is 59.3 Å². The zero-order chi connectivity index (χ0) is 13.8. The Bertz CT molecular complexity index is 403. The summed E-state index contributed by atoms with van der Waals surface area (Å²) in [5.74, 6) is 1.67. The third-order valence-electron chi connectivity index (χ3n) is 2.16. The summed E-state index contributed by atoms with van der Waals surface area (Å²) in [6.07, 6.45) is 1.35. The van der Waals surface area contributed by atoms with Crippen LogP contribution in [0.5, 0.6) is 5.75 Å². The van der Waals surface area contributed by atoms with Crippen LogP contribution in [0.2, 0.25) is 0 Å². The van der Waals surface area contributed by atoms with Crippen LogP contribution >= 0.6 is 11.8 Å². The summed E-state index contributed by atoms with van der Waals surface area (Å²) in [4.78, 5) is 11.3. The summed E-state index contributed by atoms with van der Waals surface area (Å²) in [6, 6.07) is 11.5. The predicted octanol–water partition coefficient (Wildman–Crippen LogP) is 2.65. The van der Waals surface area contributed by atoms with Crippen LogP contribution in [0.3, 0.4) is 0 Å². The molecular weight excluding hydrogens is 262 g/mol. The molecule has 0 bridgehead atoms. The number of carbonyl (C=O) groups excluding carboxylic acids is 1. The molecule has 1 rings (SSSR count). The first-order chi connectivity index (χ1) is 9.33. The van der Waals surface area contributed by atoms with Gasteiger partial charge in [0.1, 0.15) is 19.0 Å². The van der Waals surface area contributed by atoms with Crippen LogP contribution in [-0.4, -0.2) is 30.7 Å². The molecular formula is C14H17NO3S. The summed E-state index contributed by atoms with van der Waals surface area (Å²) < 4.78 is 10.4. The van der Waals surface area contributed by atoms with Crippen molar-refractivity contribution in [3.63, 3.8) is 0 Å². The summed E-state index contributed by atoms with van der Waals surface area (Å²) in [5, 5.41) is 8.35. The van der Waals surface area contributed by atoms with Gasteiger partial charge in [0.15, 0.2) is 0 Å². The molecule has 4 nitrogen and oxygen atoms in total. The number of nitriles is 1. The minimum atomic E-state index is -0.237. The zero-order valence-electron chi connectivity index (χ0n) is 10.7. The summed E-state index contributed by atoms with van der Waals surface area (Å²) >= 11 is 1.49. The number of rotatable bonds is 9. The highest BCUT2D eigenvalue weighted by atomic mass is 32.2. The number of hydrogen-bond donors (Lipinski definition) is 0. The van der Waals surface area contributed by atoms with E-state index < -0.39 is 0 Å². The van der Waals surface area contributed by atoms with Gasteiger partial charge in [-0.1, -0.05) is 18.2 Å². The molecule has 0 aliphatic heterocycles. The molecule has 0 amide bonds. The lowest BCUT2D eigenvalue weighted by molar-refractivity contribution is -0.141. The first-order valence-electron chi connectivity index (χ1n) is 6.11. The van der Waals surface area contributed by atoms with Gasteiger partial charge in [-0.15, -0.1) is 0 Å². The van der Waals surface area contributed by atoms with Crippen molar-refractivity contribution in [2.24, 2.45) is 0 Å². The number of nitrogens with zero attached hydrogens (tertiary/aromatic N) is 1. The maximum Gasteiger partial charge on any atom is 0.316 e. The molecule has 0 aromatic heterocycles. The highest BCUT2D eigenvalue weighted by Gasteiger charge is 2.02. The Kier molecular flexibility index (Phi) is 8.32. The molecule has 0 fully saturated rings. The van der Waals surface area contributed by atoms with E-state index in [0.29, 0.717) is 18.8 Å². The number of esters is 1. The molecule has 0 unspecified atom stereocenters. The smallest absolute Gasteiger partial charge is 0.316 e. The zero-order valence-corrected chi connectivity index (χ0v) is 11.5. The average Bonchev–Trinajstić information content (AvgIpc) is 2.44. The van der Waals surface area contributed by atoms with E-state index in [0.717, 1.165) is 17.9 Å². The Morgan fingerprint density at radius 2 is 2.05 bits per heavy atom. The van der Waals surface area contributed by atoms with Crippen molar-refractivity contribution in [1.29, 1.82) is 5.26 Å². The van der Waals surface area contributed by atoms with Crippen molar-refractivity contribution >= 4 is 17.7 Å². The molecule has 1 aromatic carbocycles. The van der Waals surface area contributed by atoms with Crippen LogP contribution in [-0.2, 0) is 9.53 Å². The maximum atomic E-state index is 11.3. The highest BCUT2D eigenvalue weighted by Crippen LogP contribution is 2.08. The van der Waals surface area contributed by atoms with E-state index in [2.05, 4.69) is 6.07 Å². The highest BCUT2D eigenvalue weighted by molar-refractivity contribution is 7.99. The van der Waals surface area contributed by atoms with E-state index >= 15 is 0 Å². The van der Waals surface area contributed by atoms with Gasteiger partial charge in [-0.05, 0) is 24.3 Å². The second-order valence-electron chi connectivity index (χ2n) is 3.70. The molecule has 0 saturated carbocycles. The van der Waals surface area contributed by atoms with Crippen LogP contribution in [0.4, 0.5) is 0 Å². The largest absolute Gasteiger partial charge is 0.490 e. The number of thioether (sulfide) groups is 1. The van der Waals surface area contributed by atoms with Gasteiger partial charge in [-0.3, -0.25) is 4.79 Å². The Balaban J connectivity index is 1.97. The quantitative estimate of drug-likeness (QED) is 0.514. The third kappa shape index (κ3) is 8.11. The van der Waals surface area contributed by atoms with Gasteiger partial charge in [0, 0.05) is 6.42 Å². The fourth-order valence-electron chi connectivity index (χ4n) is 1.28. The number of ether oxygens (including phenoxy) is 2. The van der Waals surface area contributed by atoms with Crippen molar-refractivity contribution in [3.05, 3.63) is 30.3 Å². The minimum absolute atomic E-state index is 0.237.